The first-order chi connectivity index (χ1) is 6.20. The molecule has 0 saturated heterocycles. The average molecular weight is 217 g/mol. The molecule has 1 aromatic heterocycles. The lowest BCUT2D eigenvalue weighted by Gasteiger charge is -1.80. The van der Waals surface area contributed by atoms with Crippen molar-refractivity contribution in [1.82, 2.24) is 4.98 Å². The number of aromatic nitrogens is 1. The van der Waals surface area contributed by atoms with Crippen molar-refractivity contribution in [1.29, 1.82) is 0 Å². The second-order valence-corrected chi connectivity index (χ2v) is 3.55. The lowest BCUT2D eigenvalue weighted by molar-refractivity contribution is 0.405. The van der Waals surface area contributed by atoms with Crippen molar-refractivity contribution in [3.63, 3.8) is 0 Å². The molecule has 0 fully saturated rings. The molecule has 0 bridgehead atoms. The van der Waals surface area contributed by atoms with Gasteiger partial charge < -0.3 is 9.79 Å². The SMILES string of the molecule is O=[PH](O)O.c1ccc2scnc2c1. The summed E-state index contributed by atoms with van der Waals surface area (Å²) in [6.07, 6.45) is 0. The van der Waals surface area contributed by atoms with Gasteiger partial charge in [0.15, 0.2) is 0 Å². The first kappa shape index (κ1) is 10.3. The summed E-state index contributed by atoms with van der Waals surface area (Å²) in [6, 6.07) is 8.13. The van der Waals surface area contributed by atoms with Crippen LogP contribution in [0.15, 0.2) is 29.8 Å². The quantitative estimate of drug-likeness (QED) is 0.658. The Morgan fingerprint density at radius 1 is 1.31 bits per heavy atom. The maximum atomic E-state index is 8.74. The standard InChI is InChI=1S/C7H5NS.H3O3P/c1-2-4-7-6(3-1)8-5-9-7;1-4(2)3/h1-5H;4H,(H2,1,2,3). The fourth-order valence-electron chi connectivity index (χ4n) is 0.803. The maximum absolute atomic E-state index is 8.74. The highest BCUT2D eigenvalue weighted by Crippen LogP contribution is 2.15. The fraction of sp³-hybridized carbons (Fsp3) is 0. The van der Waals surface area contributed by atoms with Gasteiger partial charge in [-0.1, -0.05) is 12.1 Å². The summed E-state index contributed by atoms with van der Waals surface area (Å²) in [5, 5.41) is 0. The highest BCUT2D eigenvalue weighted by Gasteiger charge is 1.89. The summed E-state index contributed by atoms with van der Waals surface area (Å²) in [7, 11) is -3.13. The molecule has 0 saturated carbocycles. The third-order valence-electron chi connectivity index (χ3n) is 1.24. The Bertz CT molecular complexity index is 369. The van der Waals surface area contributed by atoms with Crippen LogP contribution < -0.4 is 0 Å². The molecule has 13 heavy (non-hydrogen) atoms. The first-order valence-electron chi connectivity index (χ1n) is 3.40. The zero-order chi connectivity index (χ0) is 9.68. The van der Waals surface area contributed by atoms with Crippen molar-refractivity contribution in [2.45, 2.75) is 0 Å². The van der Waals surface area contributed by atoms with Gasteiger partial charge in [0.2, 0.25) is 0 Å². The minimum absolute atomic E-state index is 1.10. The van der Waals surface area contributed by atoms with E-state index in [4.69, 9.17) is 14.4 Å². The predicted molar refractivity (Wildman–Crippen MR) is 53.1 cm³/mol. The van der Waals surface area contributed by atoms with Gasteiger partial charge in [-0.15, -0.1) is 11.3 Å². The summed E-state index contributed by atoms with van der Waals surface area (Å²) in [5.74, 6) is 0. The second-order valence-electron chi connectivity index (χ2n) is 2.10. The Labute approximate surface area is 79.4 Å². The van der Waals surface area contributed by atoms with Crippen molar-refractivity contribution in [2.75, 3.05) is 0 Å². The lowest BCUT2D eigenvalue weighted by Crippen LogP contribution is -1.61. The van der Waals surface area contributed by atoms with Crippen molar-refractivity contribution in [3.8, 4) is 0 Å². The van der Waals surface area contributed by atoms with E-state index in [0.29, 0.717) is 0 Å². The van der Waals surface area contributed by atoms with E-state index in [2.05, 4.69) is 11.1 Å². The molecular formula is C7H8NO3PS. The minimum atomic E-state index is -3.13. The zero-order valence-corrected chi connectivity index (χ0v) is 8.36. The van der Waals surface area contributed by atoms with E-state index < -0.39 is 8.25 Å². The molecule has 0 aliphatic carbocycles. The molecule has 1 aromatic carbocycles. The van der Waals surface area contributed by atoms with E-state index in [1.807, 2.05) is 23.7 Å². The van der Waals surface area contributed by atoms with Gasteiger partial charge in [-0.2, -0.15) is 0 Å². The Morgan fingerprint density at radius 2 is 1.92 bits per heavy atom. The minimum Gasteiger partial charge on any atom is -0.326 e. The van der Waals surface area contributed by atoms with Gasteiger partial charge in [-0.3, -0.25) is 4.57 Å². The number of thiazole rings is 1. The van der Waals surface area contributed by atoms with Crippen LogP contribution in [0.4, 0.5) is 0 Å². The van der Waals surface area contributed by atoms with Crippen LogP contribution in [-0.2, 0) is 4.57 Å². The number of para-hydroxylation sites is 1. The van der Waals surface area contributed by atoms with Crippen molar-refractivity contribution in [3.05, 3.63) is 29.8 Å². The normalized spacial score (nSPS) is 9.77. The van der Waals surface area contributed by atoms with E-state index in [9.17, 15) is 0 Å². The van der Waals surface area contributed by atoms with Crippen molar-refractivity contribution in [2.24, 2.45) is 0 Å². The van der Waals surface area contributed by atoms with Crippen molar-refractivity contribution < 1.29 is 14.4 Å². The molecule has 4 nitrogen and oxygen atoms in total. The van der Waals surface area contributed by atoms with Gasteiger partial charge >= 0.3 is 8.25 Å². The molecule has 0 aliphatic rings. The van der Waals surface area contributed by atoms with E-state index in [0.717, 1.165) is 5.52 Å². The van der Waals surface area contributed by atoms with Gasteiger partial charge in [-0.05, 0) is 12.1 Å². The van der Waals surface area contributed by atoms with Crippen LogP contribution in [0.1, 0.15) is 0 Å². The maximum Gasteiger partial charge on any atom is 0.314 e. The molecule has 0 unspecified atom stereocenters. The summed E-state index contributed by atoms with van der Waals surface area (Å²) in [4.78, 5) is 18.5. The highest BCUT2D eigenvalue weighted by molar-refractivity contribution is 7.30. The van der Waals surface area contributed by atoms with Gasteiger partial charge in [0.25, 0.3) is 0 Å². The zero-order valence-electron chi connectivity index (χ0n) is 6.54. The predicted octanol–water partition coefficient (Wildman–Crippen LogP) is 1.66. The molecule has 2 rings (SSSR count). The lowest BCUT2D eigenvalue weighted by atomic mass is 10.3. The topological polar surface area (TPSA) is 70.4 Å². The molecule has 2 N–H and O–H groups in total. The highest BCUT2D eigenvalue weighted by atomic mass is 32.1. The van der Waals surface area contributed by atoms with Crippen LogP contribution in [0.5, 0.6) is 0 Å². The molecule has 0 amide bonds. The first-order valence-corrected chi connectivity index (χ1v) is 5.58. The van der Waals surface area contributed by atoms with Crippen LogP contribution in [0, 0.1) is 0 Å². The number of rotatable bonds is 0. The van der Waals surface area contributed by atoms with Gasteiger partial charge in [0.1, 0.15) is 0 Å². The molecular weight excluding hydrogens is 209 g/mol. The third kappa shape index (κ3) is 3.65. The van der Waals surface area contributed by atoms with Crippen molar-refractivity contribution >= 4 is 29.8 Å². The Balaban J connectivity index is 0.000000184. The molecule has 70 valence electrons. The number of hydrogen-bond acceptors (Lipinski definition) is 3. The van der Waals surface area contributed by atoms with Crippen LogP contribution in [0.3, 0.4) is 0 Å². The monoisotopic (exact) mass is 217 g/mol. The number of benzene rings is 1. The number of hydrogen-bond donors (Lipinski definition) is 2. The summed E-state index contributed by atoms with van der Waals surface area (Å²) in [5.41, 5.74) is 2.97. The third-order valence-corrected chi connectivity index (χ3v) is 2.05. The van der Waals surface area contributed by atoms with Gasteiger partial charge in [-0.25, -0.2) is 4.98 Å². The molecule has 0 aliphatic heterocycles. The summed E-state index contributed by atoms with van der Waals surface area (Å²) < 4.78 is 10.0. The average Bonchev–Trinajstić information content (AvgIpc) is 2.49. The number of fused-ring (bicyclic) bond motifs is 1. The van der Waals surface area contributed by atoms with Gasteiger partial charge in [0, 0.05) is 0 Å². The molecule has 6 heteroatoms. The molecule has 0 atom stereocenters. The number of nitrogens with zero attached hydrogens (tertiary/aromatic N) is 1. The molecule has 0 radical (unpaired) electrons. The molecule has 1 heterocycles. The fourth-order valence-corrected chi connectivity index (χ4v) is 1.48. The van der Waals surface area contributed by atoms with Crippen LogP contribution in [0.2, 0.25) is 0 Å². The van der Waals surface area contributed by atoms with Gasteiger partial charge in [0.05, 0.1) is 15.7 Å². The summed E-state index contributed by atoms with van der Waals surface area (Å²) >= 11 is 1.68. The van der Waals surface area contributed by atoms with E-state index >= 15 is 0 Å². The van der Waals surface area contributed by atoms with E-state index in [1.54, 1.807) is 11.3 Å². The van der Waals surface area contributed by atoms with Crippen LogP contribution >= 0.6 is 19.6 Å². The van der Waals surface area contributed by atoms with E-state index in [-0.39, 0.29) is 0 Å². The Morgan fingerprint density at radius 3 is 2.54 bits per heavy atom. The van der Waals surface area contributed by atoms with Crippen LogP contribution in [-0.4, -0.2) is 14.8 Å². The molecule has 0 spiro atoms. The van der Waals surface area contributed by atoms with E-state index in [1.165, 1.54) is 4.70 Å². The smallest absolute Gasteiger partial charge is 0.314 e. The Kier molecular flexibility index (Phi) is 4.05. The molecule has 2 aromatic rings. The summed E-state index contributed by atoms with van der Waals surface area (Å²) in [6.45, 7) is 0. The largest absolute Gasteiger partial charge is 0.326 e. The van der Waals surface area contributed by atoms with Crippen LogP contribution in [0.25, 0.3) is 10.2 Å². The second kappa shape index (κ2) is 5.09. The Hall–Kier alpha value is -0.740.